The summed E-state index contributed by atoms with van der Waals surface area (Å²) in [5.74, 6) is -0.262. The first-order valence-corrected chi connectivity index (χ1v) is 6.43. The van der Waals surface area contributed by atoms with Gasteiger partial charge in [-0.05, 0) is 52.7 Å². The van der Waals surface area contributed by atoms with E-state index in [0.717, 1.165) is 5.56 Å². The molecule has 5 heteroatoms. The Kier molecular flexibility index (Phi) is 3.99. The molecular formula is C13H10BrClN2O. The fraction of sp³-hybridized carbons (Fsp3) is 0.0769. The molecule has 0 aliphatic heterocycles. The van der Waals surface area contributed by atoms with Crippen molar-refractivity contribution >= 4 is 39.1 Å². The Morgan fingerprint density at radius 3 is 2.83 bits per heavy atom. The van der Waals surface area contributed by atoms with Gasteiger partial charge < -0.3 is 5.32 Å². The Hall–Kier alpha value is -1.39. The SMILES string of the molecule is Cc1ccc(Cl)cc1NC(=O)c1cccc(Br)n1. The summed E-state index contributed by atoms with van der Waals surface area (Å²) in [6, 6.07) is 10.5. The van der Waals surface area contributed by atoms with Crippen LogP contribution >= 0.6 is 27.5 Å². The zero-order valence-electron chi connectivity index (χ0n) is 9.58. The second kappa shape index (κ2) is 5.50. The van der Waals surface area contributed by atoms with Gasteiger partial charge in [-0.2, -0.15) is 0 Å². The minimum absolute atomic E-state index is 0.262. The molecule has 1 heterocycles. The van der Waals surface area contributed by atoms with Crippen molar-refractivity contribution in [2.75, 3.05) is 5.32 Å². The van der Waals surface area contributed by atoms with Gasteiger partial charge in [-0.25, -0.2) is 4.98 Å². The molecule has 0 radical (unpaired) electrons. The first kappa shape index (κ1) is 13.1. The predicted octanol–water partition coefficient (Wildman–Crippen LogP) is 4.06. The summed E-state index contributed by atoms with van der Waals surface area (Å²) in [4.78, 5) is 16.1. The highest BCUT2D eigenvalue weighted by molar-refractivity contribution is 9.10. The number of rotatable bonds is 2. The van der Waals surface area contributed by atoms with Crippen molar-refractivity contribution in [2.24, 2.45) is 0 Å². The highest BCUT2D eigenvalue weighted by Gasteiger charge is 2.09. The van der Waals surface area contributed by atoms with Crippen LogP contribution < -0.4 is 5.32 Å². The van der Waals surface area contributed by atoms with E-state index in [1.54, 1.807) is 30.3 Å². The first-order chi connectivity index (χ1) is 8.56. The molecule has 0 atom stereocenters. The summed E-state index contributed by atoms with van der Waals surface area (Å²) in [5.41, 5.74) is 1.99. The lowest BCUT2D eigenvalue weighted by Gasteiger charge is -2.08. The third kappa shape index (κ3) is 3.09. The number of aromatic nitrogens is 1. The molecule has 0 aliphatic carbocycles. The Balaban J connectivity index is 2.24. The van der Waals surface area contributed by atoms with E-state index in [4.69, 9.17) is 11.6 Å². The number of nitrogens with zero attached hydrogens (tertiary/aromatic N) is 1. The molecule has 18 heavy (non-hydrogen) atoms. The molecule has 1 aromatic heterocycles. The van der Waals surface area contributed by atoms with Gasteiger partial charge in [0.1, 0.15) is 10.3 Å². The average molecular weight is 326 g/mol. The summed E-state index contributed by atoms with van der Waals surface area (Å²) in [6.45, 7) is 1.90. The van der Waals surface area contributed by atoms with Crippen LogP contribution in [0.2, 0.25) is 5.02 Å². The zero-order valence-corrected chi connectivity index (χ0v) is 11.9. The van der Waals surface area contributed by atoms with Gasteiger partial charge in [0.2, 0.25) is 0 Å². The maximum atomic E-state index is 12.0. The highest BCUT2D eigenvalue weighted by Crippen LogP contribution is 2.20. The predicted molar refractivity (Wildman–Crippen MR) is 76.1 cm³/mol. The largest absolute Gasteiger partial charge is 0.320 e. The monoisotopic (exact) mass is 324 g/mol. The maximum absolute atomic E-state index is 12.0. The van der Waals surface area contributed by atoms with Crippen molar-refractivity contribution in [2.45, 2.75) is 6.92 Å². The van der Waals surface area contributed by atoms with E-state index in [9.17, 15) is 4.79 Å². The molecule has 1 amide bonds. The van der Waals surface area contributed by atoms with Gasteiger partial charge in [0.15, 0.2) is 0 Å². The normalized spacial score (nSPS) is 10.2. The quantitative estimate of drug-likeness (QED) is 0.846. The second-order valence-electron chi connectivity index (χ2n) is 3.76. The molecule has 0 unspecified atom stereocenters. The van der Waals surface area contributed by atoms with E-state index in [2.05, 4.69) is 26.2 Å². The Labute approximate surface area is 118 Å². The van der Waals surface area contributed by atoms with E-state index in [0.29, 0.717) is 21.0 Å². The molecule has 0 saturated carbocycles. The number of benzene rings is 1. The van der Waals surface area contributed by atoms with Gasteiger partial charge in [-0.3, -0.25) is 4.79 Å². The van der Waals surface area contributed by atoms with Gasteiger partial charge in [0.05, 0.1) is 0 Å². The van der Waals surface area contributed by atoms with Crippen LogP contribution in [-0.4, -0.2) is 10.9 Å². The third-order valence-electron chi connectivity index (χ3n) is 2.40. The number of aryl methyl sites for hydroxylation is 1. The molecule has 1 aromatic carbocycles. The van der Waals surface area contributed by atoms with E-state index in [1.807, 2.05) is 13.0 Å². The Bertz CT molecular complexity index is 601. The van der Waals surface area contributed by atoms with Gasteiger partial charge in [-0.1, -0.05) is 23.7 Å². The van der Waals surface area contributed by atoms with E-state index in [1.165, 1.54) is 0 Å². The van der Waals surface area contributed by atoms with Crippen molar-refractivity contribution in [3.8, 4) is 0 Å². The van der Waals surface area contributed by atoms with Crippen molar-refractivity contribution in [1.82, 2.24) is 4.98 Å². The van der Waals surface area contributed by atoms with Crippen LogP contribution in [0, 0.1) is 6.92 Å². The summed E-state index contributed by atoms with van der Waals surface area (Å²) in [7, 11) is 0. The number of anilines is 1. The molecule has 3 nitrogen and oxygen atoms in total. The van der Waals surface area contributed by atoms with E-state index >= 15 is 0 Å². The average Bonchev–Trinajstić information content (AvgIpc) is 2.34. The summed E-state index contributed by atoms with van der Waals surface area (Å²) in [5, 5.41) is 3.37. The summed E-state index contributed by atoms with van der Waals surface area (Å²) >= 11 is 9.13. The van der Waals surface area contributed by atoms with Crippen LogP contribution in [0.1, 0.15) is 16.1 Å². The number of hydrogen-bond acceptors (Lipinski definition) is 2. The van der Waals surface area contributed by atoms with E-state index < -0.39 is 0 Å². The minimum Gasteiger partial charge on any atom is -0.320 e. The second-order valence-corrected chi connectivity index (χ2v) is 5.01. The van der Waals surface area contributed by atoms with Crippen LogP contribution in [0.3, 0.4) is 0 Å². The van der Waals surface area contributed by atoms with E-state index in [-0.39, 0.29) is 5.91 Å². The number of carbonyl (C=O) groups is 1. The molecule has 0 spiro atoms. The number of hydrogen-bond donors (Lipinski definition) is 1. The Morgan fingerprint density at radius 1 is 1.33 bits per heavy atom. The lowest BCUT2D eigenvalue weighted by Crippen LogP contribution is -2.14. The molecule has 0 bridgehead atoms. The first-order valence-electron chi connectivity index (χ1n) is 5.26. The Morgan fingerprint density at radius 2 is 2.11 bits per heavy atom. The molecule has 2 rings (SSSR count). The van der Waals surface area contributed by atoms with Crippen molar-refractivity contribution in [3.05, 3.63) is 57.3 Å². The number of pyridine rings is 1. The van der Waals surface area contributed by atoms with Crippen molar-refractivity contribution in [3.63, 3.8) is 0 Å². The number of nitrogens with one attached hydrogen (secondary N) is 1. The highest BCUT2D eigenvalue weighted by atomic mass is 79.9. The number of carbonyl (C=O) groups excluding carboxylic acids is 1. The van der Waals surface area contributed by atoms with Crippen molar-refractivity contribution < 1.29 is 4.79 Å². The minimum atomic E-state index is -0.262. The fourth-order valence-electron chi connectivity index (χ4n) is 1.45. The smallest absolute Gasteiger partial charge is 0.274 e. The molecule has 0 saturated heterocycles. The lowest BCUT2D eigenvalue weighted by atomic mass is 10.2. The molecule has 92 valence electrons. The van der Waals surface area contributed by atoms with Gasteiger partial charge >= 0.3 is 0 Å². The molecule has 0 aliphatic rings. The summed E-state index contributed by atoms with van der Waals surface area (Å²) < 4.78 is 0.623. The van der Waals surface area contributed by atoms with Crippen molar-refractivity contribution in [1.29, 1.82) is 0 Å². The molecule has 1 N–H and O–H groups in total. The van der Waals surface area contributed by atoms with Gasteiger partial charge in [0.25, 0.3) is 5.91 Å². The molecule has 0 fully saturated rings. The third-order valence-corrected chi connectivity index (χ3v) is 3.07. The summed E-state index contributed by atoms with van der Waals surface area (Å²) in [6.07, 6.45) is 0. The van der Waals surface area contributed by atoms with Crippen LogP contribution in [0.4, 0.5) is 5.69 Å². The van der Waals surface area contributed by atoms with Crippen LogP contribution in [0.15, 0.2) is 41.0 Å². The van der Waals surface area contributed by atoms with Gasteiger partial charge in [-0.15, -0.1) is 0 Å². The topological polar surface area (TPSA) is 42.0 Å². The van der Waals surface area contributed by atoms with Gasteiger partial charge in [0, 0.05) is 10.7 Å². The fourth-order valence-corrected chi connectivity index (χ4v) is 1.97. The number of amides is 1. The standard InChI is InChI=1S/C13H10BrClN2O/c1-8-5-6-9(15)7-11(8)17-13(18)10-3-2-4-12(14)16-10/h2-7H,1H3,(H,17,18). The van der Waals surface area contributed by atoms with Crippen LogP contribution in [-0.2, 0) is 0 Å². The molecular weight excluding hydrogens is 316 g/mol. The zero-order chi connectivity index (χ0) is 13.1. The van der Waals surface area contributed by atoms with Crippen LogP contribution in [0.5, 0.6) is 0 Å². The molecule has 2 aromatic rings. The number of halogens is 2. The van der Waals surface area contributed by atoms with Crippen LogP contribution in [0.25, 0.3) is 0 Å². The lowest BCUT2D eigenvalue weighted by molar-refractivity contribution is 0.102. The maximum Gasteiger partial charge on any atom is 0.274 e.